The summed E-state index contributed by atoms with van der Waals surface area (Å²) in [6.07, 6.45) is 15.3. The first kappa shape index (κ1) is 61.3. The van der Waals surface area contributed by atoms with Crippen LogP contribution in [-0.2, 0) is 79.1 Å². The second-order valence-corrected chi connectivity index (χ2v) is 22.1. The topological polar surface area (TPSA) is 271 Å². The molecule has 2 unspecified atom stereocenters. The molecule has 0 bridgehead atoms. The predicted octanol–water partition coefficient (Wildman–Crippen LogP) is 5.95. The van der Waals surface area contributed by atoms with Gasteiger partial charge in [0.1, 0.15) is 6.61 Å². The molecule has 2 aliphatic rings. The second-order valence-electron chi connectivity index (χ2n) is 17.7. The van der Waals surface area contributed by atoms with Gasteiger partial charge in [-0.25, -0.2) is 0 Å². The van der Waals surface area contributed by atoms with Gasteiger partial charge in [0.25, 0.3) is 30.4 Å². The van der Waals surface area contributed by atoms with E-state index in [1.165, 1.54) is 24.3 Å². The number of carboxylic acid groups (broad SMARTS) is 1. The van der Waals surface area contributed by atoms with E-state index in [1.807, 2.05) is 42.7 Å². The number of allylic oxidation sites excluding steroid dienone is 8. The third kappa shape index (κ3) is 19.1. The zero-order valence-corrected chi connectivity index (χ0v) is 44.6. The van der Waals surface area contributed by atoms with Crippen LogP contribution in [0.4, 0.5) is 11.4 Å². The predicted molar refractivity (Wildman–Crippen MR) is 274 cm³/mol. The summed E-state index contributed by atoms with van der Waals surface area (Å²) in [4.78, 5) is 12.7. The molecule has 2 aliphatic heterocycles. The Balaban J connectivity index is 1.54. The van der Waals surface area contributed by atoms with Crippen LogP contribution in [0, 0.1) is 0 Å². The molecule has 408 valence electrons. The minimum atomic E-state index is -4.61. The molecule has 2 aromatic rings. The quantitative estimate of drug-likeness (QED) is 0.0264. The number of aliphatic carboxylic acids is 1. The average Bonchev–Trinajstić information content (AvgIpc) is 3.69. The molecule has 4 rings (SSSR count). The molecule has 2 aromatic carbocycles. The van der Waals surface area contributed by atoms with Crippen LogP contribution >= 0.6 is 0 Å². The van der Waals surface area contributed by atoms with Gasteiger partial charge >= 0.3 is 5.97 Å². The standard InChI is InChI=1S/C50H72N2O18S3/c1-49(21-13-37-71(55,56)57)42-38-40(72(58,59)60)18-20-45(42)52(24-26-66-29-30-68-33-34-70-36-35-69-32-31-67-28-27-65-4)46(49)14-9-6-5-7-10-15-47-50(2,22-25-64-3)43-39-41(73(61,62)63)17-19-44(43)51(47)23-12-8-11-16-48(53)54/h5-7,9-10,14-15,17-20,38-39H,8,11-13,16,21-37H2,1-4H3,(H3-,53,54,55,56,57,58,59,60,61,62,63)/p+1. The lowest BCUT2D eigenvalue weighted by molar-refractivity contribution is -0.442. The average molecular weight is 1090 g/mol. The van der Waals surface area contributed by atoms with Gasteiger partial charge in [0.15, 0.2) is 12.3 Å². The van der Waals surface area contributed by atoms with E-state index in [0.717, 1.165) is 11.4 Å². The van der Waals surface area contributed by atoms with Crippen molar-refractivity contribution in [2.45, 2.75) is 79.4 Å². The Morgan fingerprint density at radius 2 is 1.15 bits per heavy atom. The normalized spacial score (nSPS) is 18.9. The van der Waals surface area contributed by atoms with E-state index >= 15 is 0 Å². The molecule has 2 heterocycles. The Morgan fingerprint density at radius 3 is 1.71 bits per heavy atom. The Morgan fingerprint density at radius 1 is 0.616 bits per heavy atom. The molecular formula is C50H73N2O18S3+. The SMILES string of the molecule is COCCOCCOCCOCCOCCOCC[N+]1=C(C=CC=CC=CC=C2N(CCCCCC(=O)O)c3ccc(S(=O)(=O)O)cc3C2(C)CCOC)C(C)(CCCS(=O)(=O)O)c2cc(S(=O)(=O)O)ccc21. The minimum absolute atomic E-state index is 0.0296. The zero-order chi connectivity index (χ0) is 53.5. The maximum absolute atomic E-state index is 12.4. The number of fused-ring (bicyclic) bond motifs is 2. The smallest absolute Gasteiger partial charge is 0.303 e. The highest BCUT2D eigenvalue weighted by Crippen LogP contribution is 2.51. The summed E-state index contributed by atoms with van der Waals surface area (Å²) in [5.74, 6) is -1.40. The highest BCUT2D eigenvalue weighted by Gasteiger charge is 2.48. The number of carbonyl (C=O) groups is 1. The zero-order valence-electron chi connectivity index (χ0n) is 42.2. The van der Waals surface area contributed by atoms with Crippen LogP contribution in [0.3, 0.4) is 0 Å². The van der Waals surface area contributed by atoms with Crippen LogP contribution in [0.25, 0.3) is 0 Å². The molecule has 0 fully saturated rings. The molecule has 20 nitrogen and oxygen atoms in total. The Hall–Kier alpha value is -4.21. The fraction of sp³-hybridized carbons (Fsp3) is 0.560. The van der Waals surface area contributed by atoms with Crippen molar-refractivity contribution in [3.05, 3.63) is 95.8 Å². The number of hydrogen-bond donors (Lipinski definition) is 4. The number of benzene rings is 2. The maximum Gasteiger partial charge on any atom is 0.303 e. The van der Waals surface area contributed by atoms with Gasteiger partial charge in [0.2, 0.25) is 5.69 Å². The lowest BCUT2D eigenvalue weighted by Gasteiger charge is -2.30. The van der Waals surface area contributed by atoms with Crippen LogP contribution in [0.5, 0.6) is 0 Å². The van der Waals surface area contributed by atoms with Gasteiger partial charge in [0, 0.05) is 68.3 Å². The van der Waals surface area contributed by atoms with E-state index in [9.17, 15) is 43.7 Å². The van der Waals surface area contributed by atoms with E-state index in [-0.39, 0.29) is 42.3 Å². The molecule has 0 aliphatic carbocycles. The van der Waals surface area contributed by atoms with E-state index in [0.29, 0.717) is 127 Å². The molecule has 2 atom stereocenters. The van der Waals surface area contributed by atoms with Crippen molar-refractivity contribution >= 4 is 53.4 Å². The van der Waals surface area contributed by atoms with Gasteiger partial charge in [0.05, 0.1) is 87.0 Å². The largest absolute Gasteiger partial charge is 0.481 e. The fourth-order valence-electron chi connectivity index (χ4n) is 8.80. The molecular weight excluding hydrogens is 1010 g/mol. The van der Waals surface area contributed by atoms with Gasteiger partial charge in [-0.3, -0.25) is 18.5 Å². The van der Waals surface area contributed by atoms with Crippen molar-refractivity contribution in [3.63, 3.8) is 0 Å². The van der Waals surface area contributed by atoms with Gasteiger partial charge < -0.3 is 43.2 Å². The lowest BCUT2D eigenvalue weighted by atomic mass is 9.76. The van der Waals surface area contributed by atoms with Crippen molar-refractivity contribution in [2.75, 3.05) is 117 Å². The van der Waals surface area contributed by atoms with Crippen molar-refractivity contribution < 1.29 is 86.5 Å². The summed E-state index contributed by atoms with van der Waals surface area (Å²) in [5.41, 5.74) is 2.41. The summed E-state index contributed by atoms with van der Waals surface area (Å²) in [6.45, 7) is 9.30. The van der Waals surface area contributed by atoms with Crippen LogP contribution in [0.15, 0.2) is 94.4 Å². The van der Waals surface area contributed by atoms with Crippen molar-refractivity contribution in [1.29, 1.82) is 0 Å². The monoisotopic (exact) mass is 1090 g/mol. The molecule has 0 spiro atoms. The molecule has 0 saturated heterocycles. The number of unbranched alkanes of at least 4 members (excludes halogenated alkanes) is 2. The van der Waals surface area contributed by atoms with Crippen molar-refractivity contribution in [3.8, 4) is 0 Å². The molecule has 0 aromatic heterocycles. The molecule has 73 heavy (non-hydrogen) atoms. The first-order chi connectivity index (χ1) is 34.7. The second kappa shape index (κ2) is 29.8. The third-order valence-corrected chi connectivity index (χ3v) is 15.0. The number of rotatable bonds is 37. The number of methoxy groups -OCH3 is 2. The van der Waals surface area contributed by atoms with E-state index < -0.39 is 52.9 Å². The van der Waals surface area contributed by atoms with Gasteiger partial charge in [-0.05, 0) is 87.9 Å². The van der Waals surface area contributed by atoms with Gasteiger partial charge in [-0.15, -0.1) is 0 Å². The van der Waals surface area contributed by atoms with Gasteiger partial charge in [-0.1, -0.05) is 36.8 Å². The van der Waals surface area contributed by atoms with Gasteiger partial charge in [-0.2, -0.15) is 29.8 Å². The fourth-order valence-corrected chi connectivity index (χ4v) is 10.3. The molecule has 4 N–H and O–H groups in total. The van der Waals surface area contributed by atoms with Crippen molar-refractivity contribution in [1.82, 2.24) is 0 Å². The molecule has 0 amide bonds. The number of carboxylic acids is 1. The van der Waals surface area contributed by atoms with E-state index in [1.54, 1.807) is 44.6 Å². The van der Waals surface area contributed by atoms with E-state index in [2.05, 4.69) is 4.90 Å². The first-order valence-corrected chi connectivity index (χ1v) is 28.6. The highest BCUT2D eigenvalue weighted by molar-refractivity contribution is 7.86. The van der Waals surface area contributed by atoms with Crippen molar-refractivity contribution in [2.24, 2.45) is 0 Å². The number of hydrogen-bond acceptors (Lipinski definition) is 15. The summed E-state index contributed by atoms with van der Waals surface area (Å²) in [5, 5.41) is 9.15. The molecule has 0 saturated carbocycles. The molecule has 0 radical (unpaired) electrons. The summed E-state index contributed by atoms with van der Waals surface area (Å²) in [6, 6.07) is 8.77. The van der Waals surface area contributed by atoms with Crippen LogP contribution in [-0.4, -0.2) is 173 Å². The lowest BCUT2D eigenvalue weighted by Crippen LogP contribution is -2.32. The van der Waals surface area contributed by atoms with E-state index in [4.69, 9.17) is 38.3 Å². The third-order valence-electron chi connectivity index (χ3n) is 12.5. The van der Waals surface area contributed by atoms with Crippen LogP contribution in [0.2, 0.25) is 0 Å². The summed E-state index contributed by atoms with van der Waals surface area (Å²) >= 11 is 0. The minimum Gasteiger partial charge on any atom is -0.481 e. The maximum atomic E-state index is 12.4. The Kier molecular flexibility index (Phi) is 25.0. The van der Waals surface area contributed by atoms with Crippen LogP contribution < -0.4 is 4.90 Å². The first-order valence-electron chi connectivity index (χ1n) is 24.1. The Labute approximate surface area is 430 Å². The molecule has 23 heteroatoms. The number of nitrogens with zero attached hydrogens (tertiary/aromatic N) is 2. The number of anilines is 1. The summed E-state index contributed by atoms with van der Waals surface area (Å²) in [7, 11) is -10.3. The number of ether oxygens (including phenoxy) is 7. The highest BCUT2D eigenvalue weighted by atomic mass is 32.2. The van der Waals surface area contributed by atoms with Crippen LogP contribution in [0.1, 0.15) is 69.9 Å². The Bertz CT molecular complexity index is 2610. The summed E-state index contributed by atoms with van der Waals surface area (Å²) < 4.78 is 143.